The molecule has 1 heteroatoms. The molecule has 0 N–H and O–H groups in total. The molecule has 0 aliphatic rings. The second-order valence-corrected chi connectivity index (χ2v) is 10.3. The van der Waals surface area contributed by atoms with Gasteiger partial charge in [-0.15, -0.1) is 0 Å². The minimum absolute atomic E-state index is 0.813. The van der Waals surface area contributed by atoms with Crippen LogP contribution in [-0.4, -0.2) is 8.07 Å². The summed E-state index contributed by atoms with van der Waals surface area (Å²) in [6.45, 7) is 9.52. The van der Waals surface area contributed by atoms with E-state index in [0.717, 1.165) is 0 Å². The maximum atomic E-state index is 2.42. The molecule has 0 aliphatic carbocycles. The maximum absolute atomic E-state index is 2.42. The number of hydrogen-bond acceptors (Lipinski definition) is 0. The van der Waals surface area contributed by atoms with Crippen molar-refractivity contribution in [1.82, 2.24) is 0 Å². The van der Waals surface area contributed by atoms with E-state index in [1.165, 1.54) is 31.7 Å². The van der Waals surface area contributed by atoms with Crippen molar-refractivity contribution in [1.29, 1.82) is 0 Å². The summed E-state index contributed by atoms with van der Waals surface area (Å²) in [6.07, 6.45) is 10.1. The lowest BCUT2D eigenvalue weighted by Gasteiger charge is -2.11. The Balaban J connectivity index is 3.26. The van der Waals surface area contributed by atoms with Crippen molar-refractivity contribution in [2.45, 2.75) is 58.3 Å². The van der Waals surface area contributed by atoms with Crippen molar-refractivity contribution in [3.63, 3.8) is 0 Å². The zero-order valence-corrected chi connectivity index (χ0v) is 10.2. The minimum Gasteiger partial charge on any atom is -0.0912 e. The first-order valence-corrected chi connectivity index (χ1v) is 8.92. The van der Waals surface area contributed by atoms with E-state index in [1.54, 1.807) is 0 Å². The van der Waals surface area contributed by atoms with Crippen molar-refractivity contribution in [2.24, 2.45) is 0 Å². The smallest absolute Gasteiger partial charge is 0.0480 e. The third-order valence-corrected chi connectivity index (χ3v) is 3.33. The Morgan fingerprint density at radius 1 is 1.00 bits per heavy atom. The normalized spacial score (nSPS) is 12.7. The first-order valence-electron chi connectivity index (χ1n) is 5.21. The average molecular weight is 184 g/mol. The Labute approximate surface area is 79.1 Å². The van der Waals surface area contributed by atoms with Crippen molar-refractivity contribution in [3.05, 3.63) is 12.2 Å². The Bertz CT molecular complexity index is 119. The molecule has 0 aromatic carbocycles. The second kappa shape index (κ2) is 6.47. The standard InChI is InChI=1S/C11H24Si/c1-5-6-7-8-9-10-11-12(2,3)4/h9-10H,5-8,11H2,1-4H3/b10-9-. The molecule has 0 aliphatic heterocycles. The molecule has 0 saturated heterocycles. The monoisotopic (exact) mass is 184 g/mol. The van der Waals surface area contributed by atoms with Gasteiger partial charge in [0.05, 0.1) is 0 Å². The van der Waals surface area contributed by atoms with Crippen LogP contribution in [0, 0.1) is 0 Å². The number of unbranched alkanes of at least 4 members (excludes halogenated alkanes) is 3. The minimum atomic E-state index is -0.813. The summed E-state index contributed by atoms with van der Waals surface area (Å²) in [4.78, 5) is 0. The molecular formula is C11H24Si. The molecule has 0 fully saturated rings. The number of hydrogen-bond donors (Lipinski definition) is 0. The van der Waals surface area contributed by atoms with Gasteiger partial charge in [0.1, 0.15) is 0 Å². The Morgan fingerprint density at radius 2 is 1.67 bits per heavy atom. The van der Waals surface area contributed by atoms with Crippen molar-refractivity contribution in [3.8, 4) is 0 Å². The summed E-state index contributed by atoms with van der Waals surface area (Å²) in [5, 5.41) is 0. The molecule has 0 saturated carbocycles. The number of rotatable bonds is 6. The van der Waals surface area contributed by atoms with E-state index in [4.69, 9.17) is 0 Å². The topological polar surface area (TPSA) is 0 Å². The molecule has 0 aromatic heterocycles. The predicted molar refractivity (Wildman–Crippen MR) is 61.4 cm³/mol. The van der Waals surface area contributed by atoms with Crippen LogP contribution in [0.25, 0.3) is 0 Å². The molecule has 12 heavy (non-hydrogen) atoms. The molecule has 0 spiro atoms. The van der Waals surface area contributed by atoms with E-state index in [1.807, 2.05) is 0 Å². The summed E-state index contributed by atoms with van der Waals surface area (Å²) in [5.74, 6) is 0. The van der Waals surface area contributed by atoms with Gasteiger partial charge in [-0.2, -0.15) is 0 Å². The molecule has 72 valence electrons. The predicted octanol–water partition coefficient (Wildman–Crippen LogP) is 4.46. The fraction of sp³-hybridized carbons (Fsp3) is 0.818. The summed E-state index contributed by atoms with van der Waals surface area (Å²) >= 11 is 0. The summed E-state index contributed by atoms with van der Waals surface area (Å²) in [5.41, 5.74) is 0. The molecule has 0 rings (SSSR count). The highest BCUT2D eigenvalue weighted by Gasteiger charge is 2.08. The van der Waals surface area contributed by atoms with Crippen LogP contribution in [0.4, 0.5) is 0 Å². The zero-order valence-electron chi connectivity index (χ0n) is 9.19. The van der Waals surface area contributed by atoms with E-state index in [9.17, 15) is 0 Å². The highest BCUT2D eigenvalue weighted by molar-refractivity contribution is 6.76. The van der Waals surface area contributed by atoms with Gasteiger partial charge in [-0.1, -0.05) is 51.6 Å². The summed E-state index contributed by atoms with van der Waals surface area (Å²) in [6, 6.07) is 1.35. The maximum Gasteiger partial charge on any atom is 0.0480 e. The lowest BCUT2D eigenvalue weighted by atomic mass is 10.2. The van der Waals surface area contributed by atoms with Gasteiger partial charge in [-0.3, -0.25) is 0 Å². The molecule has 0 unspecified atom stereocenters. The van der Waals surface area contributed by atoms with E-state index in [-0.39, 0.29) is 0 Å². The van der Waals surface area contributed by atoms with Crippen LogP contribution in [0.3, 0.4) is 0 Å². The van der Waals surface area contributed by atoms with Gasteiger partial charge in [0.2, 0.25) is 0 Å². The molecule has 0 amide bonds. The fourth-order valence-electron chi connectivity index (χ4n) is 1.07. The first-order chi connectivity index (χ1) is 5.56. The molecule has 0 bridgehead atoms. The Hall–Kier alpha value is -0.0431. The van der Waals surface area contributed by atoms with Gasteiger partial charge >= 0.3 is 0 Å². The number of allylic oxidation sites excluding steroid dienone is 2. The van der Waals surface area contributed by atoms with Crippen LogP contribution >= 0.6 is 0 Å². The molecule has 0 atom stereocenters. The van der Waals surface area contributed by atoms with Crippen LogP contribution in [0.2, 0.25) is 25.7 Å². The first kappa shape index (κ1) is 12.0. The Morgan fingerprint density at radius 3 is 2.17 bits per heavy atom. The SMILES string of the molecule is CCCCC/C=C\C[Si](C)(C)C. The van der Waals surface area contributed by atoms with E-state index < -0.39 is 8.07 Å². The van der Waals surface area contributed by atoms with Crippen LogP contribution in [0.1, 0.15) is 32.6 Å². The summed E-state index contributed by atoms with van der Waals surface area (Å²) < 4.78 is 0. The van der Waals surface area contributed by atoms with Gasteiger partial charge in [0.15, 0.2) is 0 Å². The van der Waals surface area contributed by atoms with Gasteiger partial charge in [0, 0.05) is 8.07 Å². The summed E-state index contributed by atoms with van der Waals surface area (Å²) in [7, 11) is -0.813. The Kier molecular flexibility index (Phi) is 6.45. The second-order valence-electron chi connectivity index (χ2n) is 4.73. The van der Waals surface area contributed by atoms with Crippen LogP contribution < -0.4 is 0 Å². The van der Waals surface area contributed by atoms with Gasteiger partial charge < -0.3 is 0 Å². The van der Waals surface area contributed by atoms with Crippen LogP contribution in [-0.2, 0) is 0 Å². The van der Waals surface area contributed by atoms with Crippen molar-refractivity contribution < 1.29 is 0 Å². The molecule has 0 heterocycles. The van der Waals surface area contributed by atoms with E-state index >= 15 is 0 Å². The van der Waals surface area contributed by atoms with Gasteiger partial charge in [-0.25, -0.2) is 0 Å². The van der Waals surface area contributed by atoms with Crippen LogP contribution in [0.5, 0.6) is 0 Å². The zero-order chi connectivity index (χ0) is 9.45. The van der Waals surface area contributed by atoms with E-state index in [0.29, 0.717) is 0 Å². The van der Waals surface area contributed by atoms with Crippen LogP contribution in [0.15, 0.2) is 12.2 Å². The van der Waals surface area contributed by atoms with Crippen molar-refractivity contribution >= 4 is 8.07 Å². The molecule has 0 radical (unpaired) electrons. The molecule has 0 nitrogen and oxygen atoms in total. The quantitative estimate of drug-likeness (QED) is 0.325. The lowest BCUT2D eigenvalue weighted by molar-refractivity contribution is 0.729. The average Bonchev–Trinajstić information content (AvgIpc) is 1.94. The van der Waals surface area contributed by atoms with Gasteiger partial charge in [0.25, 0.3) is 0 Å². The fourth-order valence-corrected chi connectivity index (χ4v) is 1.94. The molecular weight excluding hydrogens is 160 g/mol. The van der Waals surface area contributed by atoms with Gasteiger partial charge in [-0.05, 0) is 18.9 Å². The highest BCUT2D eigenvalue weighted by atomic mass is 28.3. The third kappa shape index (κ3) is 9.96. The lowest BCUT2D eigenvalue weighted by Crippen LogP contribution is -2.17. The largest absolute Gasteiger partial charge is 0.0912 e. The molecule has 0 aromatic rings. The van der Waals surface area contributed by atoms with Crippen molar-refractivity contribution in [2.75, 3.05) is 0 Å². The third-order valence-electron chi connectivity index (χ3n) is 1.87. The highest BCUT2D eigenvalue weighted by Crippen LogP contribution is 2.09. The van der Waals surface area contributed by atoms with E-state index in [2.05, 4.69) is 38.7 Å².